The van der Waals surface area contributed by atoms with Crippen LogP contribution in [0, 0.1) is 0 Å². The number of hydrogen-bond donors (Lipinski definition) is 2. The van der Waals surface area contributed by atoms with Gasteiger partial charge in [-0.2, -0.15) is 0 Å². The Morgan fingerprint density at radius 1 is 0.962 bits per heavy atom. The van der Waals surface area contributed by atoms with E-state index in [0.717, 1.165) is 21.3 Å². The molecule has 0 aliphatic carbocycles. The minimum Gasteiger partial charge on any atom is -0.383 e. The van der Waals surface area contributed by atoms with Crippen molar-refractivity contribution in [3.63, 3.8) is 0 Å². The van der Waals surface area contributed by atoms with Gasteiger partial charge in [-0.1, -0.05) is 28.1 Å². The SMILES string of the molecule is CNc1ncc(-c2ccc3c(N)nc(-c4cccc(Br)c4)nc3n2)cn1. The molecule has 4 aromatic rings. The number of benzene rings is 1. The van der Waals surface area contributed by atoms with Gasteiger partial charge in [0.15, 0.2) is 11.5 Å². The lowest BCUT2D eigenvalue weighted by atomic mass is 10.2. The van der Waals surface area contributed by atoms with Crippen molar-refractivity contribution in [2.75, 3.05) is 18.1 Å². The van der Waals surface area contributed by atoms with Crippen LogP contribution in [0.3, 0.4) is 0 Å². The number of pyridine rings is 1. The zero-order chi connectivity index (χ0) is 18.1. The first-order valence-corrected chi connectivity index (χ1v) is 8.64. The third-order valence-corrected chi connectivity index (χ3v) is 4.34. The average Bonchev–Trinajstić information content (AvgIpc) is 2.67. The van der Waals surface area contributed by atoms with Crippen molar-refractivity contribution < 1.29 is 0 Å². The average molecular weight is 408 g/mol. The van der Waals surface area contributed by atoms with Crippen LogP contribution >= 0.6 is 15.9 Å². The van der Waals surface area contributed by atoms with E-state index in [1.807, 2.05) is 36.4 Å². The quantitative estimate of drug-likeness (QED) is 0.535. The van der Waals surface area contributed by atoms with Crippen LogP contribution < -0.4 is 11.1 Å². The molecule has 0 aliphatic heterocycles. The Balaban J connectivity index is 1.83. The monoisotopic (exact) mass is 407 g/mol. The Morgan fingerprint density at radius 3 is 2.50 bits per heavy atom. The molecule has 0 radical (unpaired) electrons. The van der Waals surface area contributed by atoms with Crippen LogP contribution in [0.2, 0.25) is 0 Å². The van der Waals surface area contributed by atoms with Crippen molar-refractivity contribution in [1.29, 1.82) is 0 Å². The standard InChI is InChI=1S/C18H14BrN7/c1-21-18-22-8-11(9-23-18)14-6-5-13-15(20)25-16(26-17(13)24-14)10-3-2-4-12(19)7-10/h2-9H,1H3,(H,21,22,23)(H2,20,24,25,26). The van der Waals surface area contributed by atoms with E-state index in [-0.39, 0.29) is 0 Å². The van der Waals surface area contributed by atoms with E-state index in [0.29, 0.717) is 28.6 Å². The molecule has 4 rings (SSSR count). The van der Waals surface area contributed by atoms with E-state index in [2.05, 4.69) is 46.2 Å². The number of nitrogen functional groups attached to an aromatic ring is 1. The maximum absolute atomic E-state index is 6.12. The van der Waals surface area contributed by atoms with Gasteiger partial charge in [-0.25, -0.2) is 24.9 Å². The molecule has 0 atom stereocenters. The maximum atomic E-state index is 6.12. The molecule has 3 N–H and O–H groups in total. The Morgan fingerprint density at radius 2 is 1.77 bits per heavy atom. The van der Waals surface area contributed by atoms with Crippen LogP contribution in [0.4, 0.5) is 11.8 Å². The van der Waals surface area contributed by atoms with Crippen molar-refractivity contribution in [2.45, 2.75) is 0 Å². The van der Waals surface area contributed by atoms with Gasteiger partial charge in [-0.3, -0.25) is 0 Å². The molecule has 3 heterocycles. The molecular formula is C18H14BrN7. The van der Waals surface area contributed by atoms with Crippen molar-refractivity contribution in [2.24, 2.45) is 0 Å². The van der Waals surface area contributed by atoms with Gasteiger partial charge in [-0.15, -0.1) is 0 Å². The minimum absolute atomic E-state index is 0.394. The molecule has 0 unspecified atom stereocenters. The summed E-state index contributed by atoms with van der Waals surface area (Å²) < 4.78 is 0.945. The highest BCUT2D eigenvalue weighted by molar-refractivity contribution is 9.10. The first kappa shape index (κ1) is 16.3. The summed E-state index contributed by atoms with van der Waals surface area (Å²) in [4.78, 5) is 22.1. The van der Waals surface area contributed by atoms with Gasteiger partial charge in [0.05, 0.1) is 11.1 Å². The molecule has 0 bridgehead atoms. The molecule has 7 nitrogen and oxygen atoms in total. The van der Waals surface area contributed by atoms with Gasteiger partial charge < -0.3 is 11.1 Å². The second-order valence-electron chi connectivity index (χ2n) is 5.56. The number of nitrogens with one attached hydrogen (secondary N) is 1. The molecular weight excluding hydrogens is 394 g/mol. The fraction of sp³-hybridized carbons (Fsp3) is 0.0556. The predicted octanol–water partition coefficient (Wildman–Crippen LogP) is 3.54. The Kier molecular flexibility index (Phi) is 4.18. The van der Waals surface area contributed by atoms with Crippen molar-refractivity contribution in [3.8, 4) is 22.6 Å². The lowest BCUT2D eigenvalue weighted by molar-refractivity contribution is 1.14. The van der Waals surface area contributed by atoms with Crippen LogP contribution in [0.1, 0.15) is 0 Å². The van der Waals surface area contributed by atoms with E-state index in [1.165, 1.54) is 0 Å². The van der Waals surface area contributed by atoms with E-state index >= 15 is 0 Å². The van der Waals surface area contributed by atoms with Gasteiger partial charge >= 0.3 is 0 Å². The maximum Gasteiger partial charge on any atom is 0.222 e. The van der Waals surface area contributed by atoms with E-state index in [9.17, 15) is 0 Å². The number of nitrogens with two attached hydrogens (primary N) is 1. The first-order chi connectivity index (χ1) is 12.6. The zero-order valence-electron chi connectivity index (χ0n) is 13.8. The molecule has 128 valence electrons. The van der Waals surface area contributed by atoms with Crippen molar-refractivity contribution in [3.05, 3.63) is 53.3 Å². The van der Waals surface area contributed by atoms with Crippen LogP contribution in [0.15, 0.2) is 53.3 Å². The topological polar surface area (TPSA) is 102 Å². The summed E-state index contributed by atoms with van der Waals surface area (Å²) in [5.41, 5.74) is 9.04. The van der Waals surface area contributed by atoms with Gasteiger partial charge in [-0.05, 0) is 24.3 Å². The Hall–Kier alpha value is -3.13. The molecule has 0 fully saturated rings. The summed E-state index contributed by atoms with van der Waals surface area (Å²) >= 11 is 3.46. The molecule has 0 amide bonds. The summed E-state index contributed by atoms with van der Waals surface area (Å²) in [6, 6.07) is 11.5. The molecule has 8 heteroatoms. The molecule has 0 spiro atoms. The molecule has 26 heavy (non-hydrogen) atoms. The van der Waals surface area contributed by atoms with Crippen molar-refractivity contribution >= 4 is 38.7 Å². The summed E-state index contributed by atoms with van der Waals surface area (Å²) in [7, 11) is 1.77. The number of nitrogens with zero attached hydrogens (tertiary/aromatic N) is 5. The normalized spacial score (nSPS) is 10.8. The second-order valence-corrected chi connectivity index (χ2v) is 6.47. The summed E-state index contributed by atoms with van der Waals surface area (Å²) in [5.74, 6) is 1.48. The van der Waals surface area contributed by atoms with Crippen LogP contribution in [-0.2, 0) is 0 Å². The largest absolute Gasteiger partial charge is 0.383 e. The highest BCUT2D eigenvalue weighted by atomic mass is 79.9. The lowest BCUT2D eigenvalue weighted by Gasteiger charge is -2.07. The van der Waals surface area contributed by atoms with Crippen LogP contribution in [0.5, 0.6) is 0 Å². The van der Waals surface area contributed by atoms with Gasteiger partial charge in [0.1, 0.15) is 5.82 Å². The van der Waals surface area contributed by atoms with E-state index in [4.69, 9.17) is 5.73 Å². The minimum atomic E-state index is 0.394. The summed E-state index contributed by atoms with van der Waals surface area (Å²) in [6.45, 7) is 0. The summed E-state index contributed by atoms with van der Waals surface area (Å²) in [5, 5.41) is 3.60. The lowest BCUT2D eigenvalue weighted by Crippen LogP contribution is -2.00. The molecule has 0 saturated heterocycles. The number of aromatic nitrogens is 5. The van der Waals surface area contributed by atoms with Crippen LogP contribution in [-0.4, -0.2) is 32.0 Å². The van der Waals surface area contributed by atoms with Gasteiger partial charge in [0.2, 0.25) is 5.95 Å². The number of halogens is 1. The number of fused-ring (bicyclic) bond motifs is 1. The van der Waals surface area contributed by atoms with Gasteiger partial charge in [0, 0.05) is 35.0 Å². The molecule has 0 saturated carbocycles. The smallest absolute Gasteiger partial charge is 0.222 e. The highest BCUT2D eigenvalue weighted by Crippen LogP contribution is 2.26. The summed E-state index contributed by atoms with van der Waals surface area (Å²) in [6.07, 6.45) is 3.43. The van der Waals surface area contributed by atoms with E-state index in [1.54, 1.807) is 19.4 Å². The zero-order valence-corrected chi connectivity index (χ0v) is 15.4. The number of anilines is 2. The fourth-order valence-electron chi connectivity index (χ4n) is 2.54. The number of rotatable bonds is 3. The van der Waals surface area contributed by atoms with Gasteiger partial charge in [0.25, 0.3) is 0 Å². The third kappa shape index (κ3) is 3.06. The molecule has 1 aromatic carbocycles. The van der Waals surface area contributed by atoms with Crippen molar-refractivity contribution in [1.82, 2.24) is 24.9 Å². The number of hydrogen-bond acceptors (Lipinski definition) is 7. The Bertz CT molecular complexity index is 1100. The first-order valence-electron chi connectivity index (χ1n) is 7.84. The third-order valence-electron chi connectivity index (χ3n) is 3.84. The van der Waals surface area contributed by atoms with Crippen LogP contribution in [0.25, 0.3) is 33.7 Å². The van der Waals surface area contributed by atoms with E-state index < -0.39 is 0 Å². The molecule has 3 aromatic heterocycles. The highest BCUT2D eigenvalue weighted by Gasteiger charge is 2.11. The molecule has 0 aliphatic rings. The predicted molar refractivity (Wildman–Crippen MR) is 105 cm³/mol. The second kappa shape index (κ2) is 6.64. The Labute approximate surface area is 157 Å². The fourth-order valence-corrected chi connectivity index (χ4v) is 2.94.